The third kappa shape index (κ3) is 2.82. The van der Waals surface area contributed by atoms with Crippen LogP contribution < -0.4 is 0 Å². The zero-order valence-electron chi connectivity index (χ0n) is 11.4. The molecule has 0 amide bonds. The number of aryl methyl sites for hydroxylation is 1. The minimum Gasteiger partial charge on any atom is -0.0616 e. The summed E-state index contributed by atoms with van der Waals surface area (Å²) in [4.78, 5) is 0. The molecule has 1 aliphatic rings. The van der Waals surface area contributed by atoms with Crippen LogP contribution in [0.1, 0.15) is 30.0 Å². The molecule has 0 nitrogen and oxygen atoms in total. The Kier molecular flexibility index (Phi) is 4.58. The Hall–Kier alpha value is -0.937. The first-order chi connectivity index (χ1) is 8.78. The molecule has 0 heterocycles. The predicted molar refractivity (Wildman–Crippen MR) is 78.3 cm³/mol. The van der Waals surface area contributed by atoms with E-state index in [1.807, 2.05) is 0 Å². The van der Waals surface area contributed by atoms with Gasteiger partial charge < -0.3 is 0 Å². The van der Waals surface area contributed by atoms with Crippen LogP contribution in [0, 0.1) is 13.3 Å². The molecule has 0 spiro atoms. The maximum absolute atomic E-state index is 2.32. The third-order valence-corrected chi connectivity index (χ3v) is 3.58. The Bertz CT molecular complexity index is 606. The fraction of sp³-hybridized carbons (Fsp3) is 0.167. The Balaban J connectivity index is 0.00000133. The molecule has 1 heteroatoms. The largest absolute Gasteiger partial charge is 0.0616 e. The zero-order valence-corrected chi connectivity index (χ0v) is 13.9. The number of fused-ring (bicyclic) bond motifs is 1. The summed E-state index contributed by atoms with van der Waals surface area (Å²) in [6.07, 6.45) is 5.72. The van der Waals surface area contributed by atoms with Crippen molar-refractivity contribution in [1.29, 1.82) is 0 Å². The smallest absolute Gasteiger partial charge is 0.0164 e. The molecule has 0 saturated heterocycles. The molecule has 0 saturated carbocycles. The molecule has 0 bridgehead atoms. The van der Waals surface area contributed by atoms with Crippen molar-refractivity contribution in [1.82, 2.24) is 0 Å². The minimum atomic E-state index is 0. The van der Waals surface area contributed by atoms with Crippen LogP contribution >= 0.6 is 0 Å². The van der Waals surface area contributed by atoms with Crippen molar-refractivity contribution in [2.75, 3.05) is 0 Å². The second kappa shape index (κ2) is 6.01. The summed E-state index contributed by atoms with van der Waals surface area (Å²) in [7, 11) is 0. The number of hydrogen-bond acceptors (Lipinski definition) is 0. The first-order valence-electron chi connectivity index (χ1n) is 6.53. The third-order valence-electron chi connectivity index (χ3n) is 3.58. The van der Waals surface area contributed by atoms with Crippen LogP contribution in [0.25, 0.3) is 17.2 Å². The monoisotopic (exact) mass is 323 g/mol. The van der Waals surface area contributed by atoms with Crippen LogP contribution in [-0.2, 0) is 26.2 Å². The van der Waals surface area contributed by atoms with Gasteiger partial charge in [0.1, 0.15) is 0 Å². The van der Waals surface area contributed by atoms with E-state index in [4.69, 9.17) is 0 Å². The Morgan fingerprint density at radius 3 is 2.37 bits per heavy atom. The average molecular weight is 325 g/mol. The molecule has 0 atom stereocenters. The standard InChI is InChI=1S/C18H17.Zr/c1-3-14-11-16-5-4-6-17(18(16)12-14)15-9-7-13(2)8-10-15;/h4-12H,3H2,1-2H3;. The van der Waals surface area contributed by atoms with Crippen LogP contribution in [0.3, 0.4) is 0 Å². The van der Waals surface area contributed by atoms with Gasteiger partial charge in [-0.3, -0.25) is 0 Å². The van der Waals surface area contributed by atoms with E-state index in [0.717, 1.165) is 6.42 Å². The fourth-order valence-corrected chi connectivity index (χ4v) is 2.49. The van der Waals surface area contributed by atoms with Gasteiger partial charge in [0, 0.05) is 32.6 Å². The molecular formula is C18H17Zr. The van der Waals surface area contributed by atoms with Gasteiger partial charge in [0.25, 0.3) is 0 Å². The second-order valence-corrected chi connectivity index (χ2v) is 4.89. The van der Waals surface area contributed by atoms with Crippen molar-refractivity contribution < 1.29 is 26.2 Å². The maximum Gasteiger partial charge on any atom is 0.0164 e. The van der Waals surface area contributed by atoms with Gasteiger partial charge >= 0.3 is 0 Å². The van der Waals surface area contributed by atoms with E-state index in [-0.39, 0.29) is 26.2 Å². The SMILES string of the molecule is CCC1=Cc2c(cccc2-c2ccc(C)cc2)[CH]1.[Zr]. The summed E-state index contributed by atoms with van der Waals surface area (Å²) in [5, 5.41) is 0. The molecule has 0 aliphatic heterocycles. The van der Waals surface area contributed by atoms with Gasteiger partial charge in [-0.25, -0.2) is 0 Å². The summed E-state index contributed by atoms with van der Waals surface area (Å²) < 4.78 is 0. The first-order valence-corrected chi connectivity index (χ1v) is 6.53. The van der Waals surface area contributed by atoms with Gasteiger partial charge in [-0.05, 0) is 35.6 Å². The number of benzene rings is 2. The van der Waals surface area contributed by atoms with Gasteiger partial charge in [-0.1, -0.05) is 66.6 Å². The molecule has 1 aliphatic carbocycles. The summed E-state index contributed by atoms with van der Waals surface area (Å²) in [6.45, 7) is 4.34. The molecule has 19 heavy (non-hydrogen) atoms. The van der Waals surface area contributed by atoms with Crippen molar-refractivity contribution in [2.45, 2.75) is 20.3 Å². The van der Waals surface area contributed by atoms with Crippen molar-refractivity contribution in [3.8, 4) is 11.1 Å². The van der Waals surface area contributed by atoms with Crippen molar-refractivity contribution >= 4 is 6.08 Å². The number of rotatable bonds is 2. The Morgan fingerprint density at radius 2 is 1.68 bits per heavy atom. The van der Waals surface area contributed by atoms with E-state index in [1.165, 1.54) is 33.4 Å². The normalized spacial score (nSPS) is 12.6. The molecule has 0 N–H and O–H groups in total. The number of allylic oxidation sites excluding steroid dienone is 1. The first kappa shape index (κ1) is 14.5. The van der Waals surface area contributed by atoms with E-state index in [2.05, 4.69) is 68.8 Å². The summed E-state index contributed by atoms with van der Waals surface area (Å²) in [6, 6.07) is 15.3. The quantitative estimate of drug-likeness (QED) is 0.727. The molecule has 0 aromatic heterocycles. The van der Waals surface area contributed by atoms with E-state index in [9.17, 15) is 0 Å². The molecule has 1 radical (unpaired) electrons. The topological polar surface area (TPSA) is 0 Å². The molecule has 3 rings (SSSR count). The summed E-state index contributed by atoms with van der Waals surface area (Å²) >= 11 is 0. The van der Waals surface area contributed by atoms with Crippen LogP contribution in [0.4, 0.5) is 0 Å². The molecule has 93 valence electrons. The summed E-state index contributed by atoms with van der Waals surface area (Å²) in [5.41, 5.74) is 8.10. The van der Waals surface area contributed by atoms with Gasteiger partial charge in [-0.15, -0.1) is 0 Å². The second-order valence-electron chi connectivity index (χ2n) is 4.89. The average Bonchev–Trinajstić information content (AvgIpc) is 2.82. The van der Waals surface area contributed by atoms with Crippen LogP contribution in [-0.4, -0.2) is 0 Å². The summed E-state index contributed by atoms with van der Waals surface area (Å²) in [5.74, 6) is 0. The molecule has 0 fully saturated rings. The van der Waals surface area contributed by atoms with Gasteiger partial charge in [0.2, 0.25) is 0 Å². The van der Waals surface area contributed by atoms with Crippen molar-refractivity contribution in [3.63, 3.8) is 0 Å². The molecule has 2 aromatic rings. The Morgan fingerprint density at radius 1 is 0.947 bits per heavy atom. The van der Waals surface area contributed by atoms with E-state index in [1.54, 1.807) is 0 Å². The molecular weight excluding hydrogens is 307 g/mol. The van der Waals surface area contributed by atoms with E-state index >= 15 is 0 Å². The maximum atomic E-state index is 2.32. The predicted octanol–water partition coefficient (Wildman–Crippen LogP) is 5.02. The van der Waals surface area contributed by atoms with Crippen LogP contribution in [0.15, 0.2) is 48.0 Å². The van der Waals surface area contributed by atoms with Crippen molar-refractivity contribution in [2.24, 2.45) is 0 Å². The van der Waals surface area contributed by atoms with Crippen LogP contribution in [0.2, 0.25) is 0 Å². The zero-order chi connectivity index (χ0) is 12.5. The van der Waals surface area contributed by atoms with Crippen LogP contribution in [0.5, 0.6) is 0 Å². The fourth-order valence-electron chi connectivity index (χ4n) is 2.49. The number of hydrogen-bond donors (Lipinski definition) is 0. The van der Waals surface area contributed by atoms with E-state index in [0.29, 0.717) is 0 Å². The van der Waals surface area contributed by atoms with Gasteiger partial charge in [0.15, 0.2) is 0 Å². The minimum absolute atomic E-state index is 0. The molecule has 0 unspecified atom stereocenters. The molecule has 2 aromatic carbocycles. The van der Waals surface area contributed by atoms with E-state index < -0.39 is 0 Å². The van der Waals surface area contributed by atoms with Gasteiger partial charge in [-0.2, -0.15) is 0 Å². The van der Waals surface area contributed by atoms with Crippen molar-refractivity contribution in [3.05, 3.63) is 71.1 Å². The Labute approximate surface area is 134 Å². The van der Waals surface area contributed by atoms with Gasteiger partial charge in [0.05, 0.1) is 0 Å².